The minimum absolute atomic E-state index is 0.243. The summed E-state index contributed by atoms with van der Waals surface area (Å²) < 4.78 is 1.16. The highest BCUT2D eigenvalue weighted by molar-refractivity contribution is 14.1. The highest BCUT2D eigenvalue weighted by atomic mass is 127. The maximum Gasteiger partial charge on any atom is 0.323 e. The number of para-hydroxylation sites is 1. The molecule has 0 saturated carbocycles. The molecular weight excluding hydrogens is 375 g/mol. The van der Waals surface area contributed by atoms with E-state index >= 15 is 0 Å². The molecule has 3 aromatic rings. The van der Waals surface area contributed by atoms with Gasteiger partial charge in [0.15, 0.2) is 0 Å². The molecular formula is C17H13IN2O. The van der Waals surface area contributed by atoms with E-state index < -0.39 is 0 Å². The van der Waals surface area contributed by atoms with Crippen LogP contribution in [0.25, 0.3) is 10.8 Å². The number of amides is 2. The first-order valence-electron chi connectivity index (χ1n) is 6.54. The van der Waals surface area contributed by atoms with E-state index in [0.717, 1.165) is 25.7 Å². The molecule has 0 spiro atoms. The molecule has 0 unspecified atom stereocenters. The topological polar surface area (TPSA) is 41.1 Å². The molecule has 0 radical (unpaired) electrons. The van der Waals surface area contributed by atoms with E-state index in [1.165, 1.54) is 0 Å². The van der Waals surface area contributed by atoms with Crippen LogP contribution in [0.1, 0.15) is 0 Å². The second kappa shape index (κ2) is 6.13. The number of benzene rings is 3. The predicted molar refractivity (Wildman–Crippen MR) is 95.7 cm³/mol. The van der Waals surface area contributed by atoms with Gasteiger partial charge in [-0.1, -0.05) is 42.5 Å². The molecule has 0 aromatic heterocycles. The number of carbonyl (C=O) groups excluding carboxylic acids is 1. The van der Waals surface area contributed by atoms with Gasteiger partial charge in [0.2, 0.25) is 0 Å². The number of hydrogen-bond donors (Lipinski definition) is 2. The number of rotatable bonds is 2. The molecule has 4 heteroatoms. The number of anilines is 2. The van der Waals surface area contributed by atoms with Crippen molar-refractivity contribution in [3.05, 3.63) is 70.3 Å². The fourth-order valence-electron chi connectivity index (χ4n) is 2.19. The van der Waals surface area contributed by atoms with Gasteiger partial charge in [-0.3, -0.25) is 0 Å². The third-order valence-electron chi connectivity index (χ3n) is 3.15. The van der Waals surface area contributed by atoms with E-state index in [1.807, 2.05) is 54.6 Å². The van der Waals surface area contributed by atoms with Crippen LogP contribution in [0.5, 0.6) is 0 Å². The largest absolute Gasteiger partial charge is 0.323 e. The molecule has 2 amide bonds. The molecule has 0 aliphatic heterocycles. The zero-order chi connectivity index (χ0) is 14.7. The van der Waals surface area contributed by atoms with Gasteiger partial charge in [-0.25, -0.2) is 4.79 Å². The summed E-state index contributed by atoms with van der Waals surface area (Å²) in [5, 5.41) is 7.89. The Hall–Kier alpha value is -2.08. The van der Waals surface area contributed by atoms with E-state index in [4.69, 9.17) is 0 Å². The molecule has 3 rings (SSSR count). The van der Waals surface area contributed by atoms with Gasteiger partial charge in [0, 0.05) is 14.6 Å². The Morgan fingerprint density at radius 1 is 0.762 bits per heavy atom. The van der Waals surface area contributed by atoms with Crippen molar-refractivity contribution < 1.29 is 4.79 Å². The van der Waals surface area contributed by atoms with Crippen molar-refractivity contribution in [1.29, 1.82) is 0 Å². The summed E-state index contributed by atoms with van der Waals surface area (Å²) in [6.45, 7) is 0. The molecule has 0 aliphatic carbocycles. The predicted octanol–water partition coefficient (Wildman–Crippen LogP) is 5.09. The van der Waals surface area contributed by atoms with Gasteiger partial charge in [-0.05, 0) is 52.2 Å². The fourth-order valence-corrected chi connectivity index (χ4v) is 2.86. The van der Waals surface area contributed by atoms with Crippen LogP contribution in [0.4, 0.5) is 16.2 Å². The van der Waals surface area contributed by atoms with Crippen molar-refractivity contribution in [2.75, 3.05) is 10.6 Å². The summed E-state index contributed by atoms with van der Waals surface area (Å²) in [5.74, 6) is 0. The molecule has 0 atom stereocenters. The molecule has 0 fully saturated rings. The molecule has 0 bridgehead atoms. The van der Waals surface area contributed by atoms with Gasteiger partial charge in [0.05, 0.1) is 5.69 Å². The zero-order valence-electron chi connectivity index (χ0n) is 11.1. The lowest BCUT2D eigenvalue weighted by Crippen LogP contribution is -2.19. The third kappa shape index (κ3) is 3.16. The number of fused-ring (bicyclic) bond motifs is 1. The molecule has 2 N–H and O–H groups in total. The van der Waals surface area contributed by atoms with Crippen LogP contribution < -0.4 is 10.6 Å². The SMILES string of the molecule is O=C(Nc1ccccc1)Nc1cccc2c(I)cccc12. The van der Waals surface area contributed by atoms with Gasteiger partial charge >= 0.3 is 6.03 Å². The lowest BCUT2D eigenvalue weighted by molar-refractivity contribution is 0.262. The van der Waals surface area contributed by atoms with Crippen molar-refractivity contribution in [1.82, 2.24) is 0 Å². The Balaban J connectivity index is 1.85. The molecule has 3 nitrogen and oxygen atoms in total. The van der Waals surface area contributed by atoms with E-state index in [-0.39, 0.29) is 6.03 Å². The molecule has 3 aromatic carbocycles. The van der Waals surface area contributed by atoms with Gasteiger partial charge < -0.3 is 10.6 Å². The first-order valence-corrected chi connectivity index (χ1v) is 7.62. The number of nitrogens with one attached hydrogen (secondary N) is 2. The molecule has 104 valence electrons. The van der Waals surface area contributed by atoms with Gasteiger partial charge in [-0.15, -0.1) is 0 Å². The van der Waals surface area contributed by atoms with E-state index in [9.17, 15) is 4.79 Å². The van der Waals surface area contributed by atoms with E-state index in [2.05, 4.69) is 45.4 Å². The highest BCUT2D eigenvalue weighted by Gasteiger charge is 2.07. The van der Waals surface area contributed by atoms with Crippen LogP contribution in [0.3, 0.4) is 0 Å². The molecule has 0 aliphatic rings. The van der Waals surface area contributed by atoms with Crippen molar-refractivity contribution in [3.8, 4) is 0 Å². The number of urea groups is 1. The lowest BCUT2D eigenvalue weighted by Gasteiger charge is -2.10. The highest BCUT2D eigenvalue weighted by Crippen LogP contribution is 2.27. The summed E-state index contributed by atoms with van der Waals surface area (Å²) >= 11 is 2.30. The fraction of sp³-hybridized carbons (Fsp3) is 0. The van der Waals surface area contributed by atoms with E-state index in [1.54, 1.807) is 0 Å². The van der Waals surface area contributed by atoms with Crippen LogP contribution in [0.15, 0.2) is 66.7 Å². The maximum atomic E-state index is 12.1. The van der Waals surface area contributed by atoms with Gasteiger partial charge in [0.1, 0.15) is 0 Å². The minimum atomic E-state index is -0.243. The Bertz CT molecular complexity index is 787. The Morgan fingerprint density at radius 3 is 2.29 bits per heavy atom. The van der Waals surface area contributed by atoms with Crippen LogP contribution in [0, 0.1) is 3.57 Å². The second-order valence-corrected chi connectivity index (χ2v) is 5.75. The van der Waals surface area contributed by atoms with Crippen molar-refractivity contribution >= 4 is 50.8 Å². The maximum absolute atomic E-state index is 12.1. The quantitative estimate of drug-likeness (QED) is 0.590. The summed E-state index contributed by atoms with van der Waals surface area (Å²) in [7, 11) is 0. The number of hydrogen-bond acceptors (Lipinski definition) is 1. The molecule has 0 heterocycles. The lowest BCUT2D eigenvalue weighted by atomic mass is 10.1. The Kier molecular flexibility index (Phi) is 4.06. The van der Waals surface area contributed by atoms with Gasteiger partial charge in [-0.2, -0.15) is 0 Å². The Morgan fingerprint density at radius 2 is 1.48 bits per heavy atom. The van der Waals surface area contributed by atoms with Crippen molar-refractivity contribution in [3.63, 3.8) is 0 Å². The monoisotopic (exact) mass is 388 g/mol. The zero-order valence-corrected chi connectivity index (χ0v) is 13.3. The average Bonchev–Trinajstić information content (AvgIpc) is 2.49. The summed E-state index contributed by atoms with van der Waals surface area (Å²) in [6.07, 6.45) is 0. The van der Waals surface area contributed by atoms with Crippen LogP contribution in [0.2, 0.25) is 0 Å². The average molecular weight is 388 g/mol. The van der Waals surface area contributed by atoms with Gasteiger partial charge in [0.25, 0.3) is 0 Å². The first kappa shape index (κ1) is 13.9. The minimum Gasteiger partial charge on any atom is -0.308 e. The molecule has 0 saturated heterocycles. The van der Waals surface area contributed by atoms with Crippen molar-refractivity contribution in [2.24, 2.45) is 0 Å². The van der Waals surface area contributed by atoms with Crippen molar-refractivity contribution in [2.45, 2.75) is 0 Å². The summed E-state index contributed by atoms with van der Waals surface area (Å²) in [6, 6.07) is 21.1. The molecule has 21 heavy (non-hydrogen) atoms. The number of carbonyl (C=O) groups is 1. The number of halogens is 1. The van der Waals surface area contributed by atoms with Crippen LogP contribution in [-0.4, -0.2) is 6.03 Å². The summed E-state index contributed by atoms with van der Waals surface area (Å²) in [5.41, 5.74) is 1.57. The van der Waals surface area contributed by atoms with Crippen LogP contribution in [-0.2, 0) is 0 Å². The standard InChI is InChI=1S/C17H13IN2O/c18-15-10-4-9-14-13(15)8-5-11-16(14)20-17(21)19-12-6-2-1-3-7-12/h1-11H,(H2,19,20,21). The first-order chi connectivity index (χ1) is 10.2. The smallest absolute Gasteiger partial charge is 0.308 e. The third-order valence-corrected chi connectivity index (χ3v) is 4.09. The van der Waals surface area contributed by atoms with E-state index in [0.29, 0.717) is 0 Å². The summed E-state index contributed by atoms with van der Waals surface area (Å²) in [4.78, 5) is 12.1. The second-order valence-electron chi connectivity index (χ2n) is 4.59. The Labute approximate surface area is 136 Å². The normalized spacial score (nSPS) is 10.3. The van der Waals surface area contributed by atoms with Crippen LogP contribution >= 0.6 is 22.6 Å².